The highest BCUT2D eigenvalue weighted by atomic mass is 14.4. The van der Waals surface area contributed by atoms with Crippen LogP contribution in [0.1, 0.15) is 32.1 Å². The van der Waals surface area contributed by atoms with Crippen LogP contribution in [-0.4, -0.2) is 0 Å². The summed E-state index contributed by atoms with van der Waals surface area (Å²) in [5.74, 6) is 0. The van der Waals surface area contributed by atoms with Crippen molar-refractivity contribution in [3.05, 3.63) is 18.6 Å². The van der Waals surface area contributed by atoms with Crippen molar-refractivity contribution in [2.45, 2.75) is 32.1 Å². The average molecular weight is 121 g/mol. The maximum atomic E-state index is 2.42. The molecule has 2 rings (SSSR count). The molecular formula is C9H13. The summed E-state index contributed by atoms with van der Waals surface area (Å²) in [6.45, 7) is 0. The minimum absolute atomic E-state index is 0.653. The van der Waals surface area contributed by atoms with Crippen LogP contribution >= 0.6 is 0 Å². The van der Waals surface area contributed by atoms with Crippen molar-refractivity contribution in [1.29, 1.82) is 0 Å². The molecule has 0 aromatic carbocycles. The van der Waals surface area contributed by atoms with Crippen LogP contribution in [0.5, 0.6) is 0 Å². The van der Waals surface area contributed by atoms with E-state index in [0.29, 0.717) is 5.41 Å². The van der Waals surface area contributed by atoms with Gasteiger partial charge in [0.15, 0.2) is 0 Å². The van der Waals surface area contributed by atoms with Crippen molar-refractivity contribution in [3.63, 3.8) is 0 Å². The molecule has 2 aliphatic rings. The molecule has 0 aromatic rings. The fourth-order valence-corrected chi connectivity index (χ4v) is 2.09. The normalized spacial score (nSPS) is 30.2. The molecule has 2 aliphatic carbocycles. The molecule has 0 bridgehead atoms. The first kappa shape index (κ1) is 5.52. The molecule has 49 valence electrons. The highest BCUT2D eigenvalue weighted by molar-refractivity contribution is 5.16. The summed E-state index contributed by atoms with van der Waals surface area (Å²) in [5, 5.41) is 0. The number of hydrogen-bond acceptors (Lipinski definition) is 0. The monoisotopic (exact) mass is 121 g/mol. The summed E-state index contributed by atoms with van der Waals surface area (Å²) in [6.07, 6.45) is 14.1. The molecule has 0 nitrogen and oxygen atoms in total. The number of hydrogen-bond donors (Lipinski definition) is 0. The predicted molar refractivity (Wildman–Crippen MR) is 39.0 cm³/mol. The van der Waals surface area contributed by atoms with Crippen molar-refractivity contribution < 1.29 is 0 Å². The second-order valence-electron chi connectivity index (χ2n) is 3.37. The van der Waals surface area contributed by atoms with Crippen molar-refractivity contribution in [2.75, 3.05) is 0 Å². The average Bonchev–Trinajstić information content (AvgIpc) is 2.45. The zero-order chi connectivity index (χ0) is 6.16. The smallest absolute Gasteiger partial charge is 0.0105 e. The third-order valence-corrected chi connectivity index (χ3v) is 2.71. The Bertz CT molecular complexity index is 117. The van der Waals surface area contributed by atoms with E-state index in [1.54, 1.807) is 0 Å². The van der Waals surface area contributed by atoms with Crippen LogP contribution < -0.4 is 0 Å². The Balaban J connectivity index is 2.07. The highest BCUT2D eigenvalue weighted by Gasteiger charge is 2.33. The van der Waals surface area contributed by atoms with Crippen LogP contribution in [-0.2, 0) is 0 Å². The van der Waals surface area contributed by atoms with E-state index in [-0.39, 0.29) is 0 Å². The quantitative estimate of drug-likeness (QED) is 0.462. The van der Waals surface area contributed by atoms with E-state index >= 15 is 0 Å². The van der Waals surface area contributed by atoms with Crippen LogP contribution in [0.2, 0.25) is 0 Å². The molecular weight excluding hydrogens is 108 g/mol. The van der Waals surface area contributed by atoms with Crippen molar-refractivity contribution in [2.24, 2.45) is 5.41 Å². The summed E-state index contributed by atoms with van der Waals surface area (Å²) in [5.41, 5.74) is 0.653. The van der Waals surface area contributed by atoms with Crippen LogP contribution in [0, 0.1) is 11.8 Å². The Kier molecular flexibility index (Phi) is 1.14. The molecule has 0 saturated heterocycles. The zero-order valence-electron chi connectivity index (χ0n) is 5.77. The van der Waals surface area contributed by atoms with E-state index in [1.165, 1.54) is 32.1 Å². The van der Waals surface area contributed by atoms with Crippen LogP contribution in [0.4, 0.5) is 0 Å². The Morgan fingerprint density at radius 2 is 1.89 bits per heavy atom. The van der Waals surface area contributed by atoms with Gasteiger partial charge in [0, 0.05) is 0 Å². The first-order valence-electron chi connectivity index (χ1n) is 3.92. The standard InChI is InChI=1S/C9H13/c1-2-6-9(5-1)7-3-4-8-9/h1-2,5H,3-4,6-8H2. The lowest BCUT2D eigenvalue weighted by Gasteiger charge is -2.20. The summed E-state index contributed by atoms with van der Waals surface area (Å²) in [6, 6.07) is 0. The minimum atomic E-state index is 0.653. The van der Waals surface area contributed by atoms with Crippen LogP contribution in [0.25, 0.3) is 0 Å². The third kappa shape index (κ3) is 0.810. The van der Waals surface area contributed by atoms with Gasteiger partial charge in [-0.25, -0.2) is 0 Å². The molecule has 0 aromatic heterocycles. The molecule has 0 heteroatoms. The van der Waals surface area contributed by atoms with Crippen molar-refractivity contribution >= 4 is 0 Å². The van der Waals surface area contributed by atoms with E-state index in [2.05, 4.69) is 18.6 Å². The fraction of sp³-hybridized carbons (Fsp3) is 0.667. The summed E-state index contributed by atoms with van der Waals surface area (Å²) in [4.78, 5) is 0. The summed E-state index contributed by atoms with van der Waals surface area (Å²) < 4.78 is 0. The molecule has 0 heterocycles. The molecule has 1 spiro atoms. The van der Waals surface area contributed by atoms with Gasteiger partial charge in [-0.15, -0.1) is 0 Å². The molecule has 0 unspecified atom stereocenters. The van der Waals surface area contributed by atoms with E-state index < -0.39 is 0 Å². The van der Waals surface area contributed by atoms with Gasteiger partial charge in [0.2, 0.25) is 0 Å². The summed E-state index contributed by atoms with van der Waals surface area (Å²) in [7, 11) is 0. The van der Waals surface area contributed by atoms with Gasteiger partial charge in [-0.1, -0.05) is 25.0 Å². The molecule has 0 atom stereocenters. The van der Waals surface area contributed by atoms with E-state index in [1.807, 2.05) is 0 Å². The Morgan fingerprint density at radius 3 is 2.44 bits per heavy atom. The van der Waals surface area contributed by atoms with Crippen LogP contribution in [0.15, 0.2) is 12.2 Å². The lowest BCUT2D eigenvalue weighted by molar-refractivity contribution is 0.391. The molecule has 1 radical (unpaired) electrons. The predicted octanol–water partition coefficient (Wildman–Crippen LogP) is 2.71. The molecule has 1 saturated carbocycles. The second-order valence-corrected chi connectivity index (χ2v) is 3.37. The first-order chi connectivity index (χ1) is 4.41. The number of rotatable bonds is 0. The topological polar surface area (TPSA) is 0 Å². The van der Waals surface area contributed by atoms with Gasteiger partial charge in [0.1, 0.15) is 0 Å². The van der Waals surface area contributed by atoms with Crippen molar-refractivity contribution in [3.8, 4) is 0 Å². The first-order valence-corrected chi connectivity index (χ1v) is 3.92. The minimum Gasteiger partial charge on any atom is -0.0876 e. The van der Waals surface area contributed by atoms with Gasteiger partial charge in [0.25, 0.3) is 0 Å². The third-order valence-electron chi connectivity index (χ3n) is 2.71. The summed E-state index contributed by atoms with van der Waals surface area (Å²) >= 11 is 0. The van der Waals surface area contributed by atoms with Gasteiger partial charge < -0.3 is 0 Å². The van der Waals surface area contributed by atoms with Gasteiger partial charge in [-0.2, -0.15) is 0 Å². The largest absolute Gasteiger partial charge is 0.0876 e. The fourth-order valence-electron chi connectivity index (χ4n) is 2.09. The van der Waals surface area contributed by atoms with Gasteiger partial charge in [0.05, 0.1) is 0 Å². The van der Waals surface area contributed by atoms with Gasteiger partial charge in [-0.3, -0.25) is 0 Å². The highest BCUT2D eigenvalue weighted by Crippen LogP contribution is 2.46. The van der Waals surface area contributed by atoms with Crippen LogP contribution in [0.3, 0.4) is 0 Å². The van der Waals surface area contributed by atoms with Gasteiger partial charge >= 0.3 is 0 Å². The molecule has 9 heavy (non-hydrogen) atoms. The molecule has 1 fully saturated rings. The molecule has 0 amide bonds. The van der Waals surface area contributed by atoms with E-state index in [9.17, 15) is 0 Å². The zero-order valence-corrected chi connectivity index (χ0v) is 5.77. The Hall–Kier alpha value is -0.260. The lowest BCUT2D eigenvalue weighted by Crippen LogP contribution is -2.10. The second kappa shape index (κ2) is 1.86. The Morgan fingerprint density at radius 1 is 1.11 bits per heavy atom. The SMILES string of the molecule is [CH]1C=CCC12CCCC2. The molecule has 0 aliphatic heterocycles. The maximum Gasteiger partial charge on any atom is -0.0105 e. The Labute approximate surface area is 57.0 Å². The number of allylic oxidation sites excluding steroid dienone is 2. The lowest BCUT2D eigenvalue weighted by atomic mass is 9.84. The molecule has 0 N–H and O–H groups in total. The van der Waals surface area contributed by atoms with Gasteiger partial charge in [-0.05, 0) is 31.1 Å². The van der Waals surface area contributed by atoms with E-state index in [0.717, 1.165) is 0 Å². The van der Waals surface area contributed by atoms with Crippen molar-refractivity contribution in [1.82, 2.24) is 0 Å². The van der Waals surface area contributed by atoms with E-state index in [4.69, 9.17) is 0 Å². The maximum absolute atomic E-state index is 2.42.